The summed E-state index contributed by atoms with van der Waals surface area (Å²) in [6.07, 6.45) is 6.75. The highest BCUT2D eigenvalue weighted by atomic mass is 16.5. The molecule has 2 atom stereocenters. The van der Waals surface area contributed by atoms with Gasteiger partial charge in [-0.25, -0.2) is 0 Å². The first-order chi connectivity index (χ1) is 18.1. The predicted molar refractivity (Wildman–Crippen MR) is 151 cm³/mol. The van der Waals surface area contributed by atoms with Gasteiger partial charge in [0.1, 0.15) is 36.9 Å². The maximum atomic E-state index is 10.1. The fraction of sp³-hybridized carbons (Fsp3) is 0.625. The van der Waals surface area contributed by atoms with E-state index >= 15 is 0 Å². The minimum atomic E-state index is -0.493. The second-order valence-corrected chi connectivity index (χ2v) is 13.0. The molecule has 4 aliphatic rings. The Morgan fingerprint density at radius 3 is 1.39 bits per heavy atom. The van der Waals surface area contributed by atoms with Crippen LogP contribution in [0, 0.1) is 11.8 Å². The summed E-state index contributed by atoms with van der Waals surface area (Å²) in [6, 6.07) is 17.5. The van der Waals surface area contributed by atoms with Crippen molar-refractivity contribution < 1.29 is 19.7 Å². The van der Waals surface area contributed by atoms with E-state index in [2.05, 4.69) is 48.5 Å². The number of nitrogens with zero attached hydrogens (tertiary/aromatic N) is 2. The van der Waals surface area contributed by atoms with Crippen molar-refractivity contribution in [3.05, 3.63) is 59.7 Å². The van der Waals surface area contributed by atoms with Crippen LogP contribution in [0.4, 0.5) is 0 Å². The molecule has 4 fully saturated rings. The van der Waals surface area contributed by atoms with Gasteiger partial charge < -0.3 is 29.5 Å². The second-order valence-electron chi connectivity index (χ2n) is 13.0. The lowest BCUT2D eigenvalue weighted by Crippen LogP contribution is -2.55. The van der Waals surface area contributed by atoms with Gasteiger partial charge in [0.05, 0.1) is 0 Å². The average molecular weight is 523 g/mol. The van der Waals surface area contributed by atoms with Crippen LogP contribution >= 0.6 is 0 Å². The molecule has 4 saturated carbocycles. The van der Waals surface area contributed by atoms with Gasteiger partial charge >= 0.3 is 0 Å². The average Bonchev–Trinajstić information content (AvgIpc) is 2.85. The van der Waals surface area contributed by atoms with Crippen molar-refractivity contribution in [3.8, 4) is 11.5 Å². The standard InChI is InChI=1S/C32H46N2O4/c1-33(2)18-27(35)20-37-29-9-5-25(6-10-29)31-14-23-13-24(15-31)17-32(16-23,22-31)26-7-11-30(12-8-26)38-21-28(36)19-34(3)4/h5-12,23-24,27-28,35-36H,13-22H2,1-4H3. The van der Waals surface area contributed by atoms with Crippen LogP contribution in [0.15, 0.2) is 48.5 Å². The van der Waals surface area contributed by atoms with E-state index in [1.54, 1.807) is 0 Å². The summed E-state index contributed by atoms with van der Waals surface area (Å²) in [6.45, 7) is 1.81. The van der Waals surface area contributed by atoms with Crippen molar-refractivity contribution in [2.75, 3.05) is 54.5 Å². The lowest BCUT2D eigenvalue weighted by molar-refractivity contribution is -0.0281. The molecule has 2 N–H and O–H groups in total. The second kappa shape index (κ2) is 11.2. The fourth-order valence-corrected chi connectivity index (χ4v) is 8.08. The fourth-order valence-electron chi connectivity index (χ4n) is 8.08. The number of aliphatic hydroxyl groups excluding tert-OH is 2. The third kappa shape index (κ3) is 6.04. The molecule has 208 valence electrons. The van der Waals surface area contributed by atoms with Crippen LogP contribution in [0.3, 0.4) is 0 Å². The van der Waals surface area contributed by atoms with Gasteiger partial charge in [-0.05, 0) is 125 Å². The molecule has 6 nitrogen and oxygen atoms in total. The first kappa shape index (κ1) is 27.4. The van der Waals surface area contributed by atoms with Crippen molar-refractivity contribution >= 4 is 0 Å². The summed E-state index contributed by atoms with van der Waals surface area (Å²) in [5, 5.41) is 20.3. The highest BCUT2D eigenvalue weighted by molar-refractivity contribution is 5.41. The summed E-state index contributed by atoms with van der Waals surface area (Å²) in [5.41, 5.74) is 3.37. The number of benzene rings is 2. The molecule has 2 aromatic carbocycles. The number of hydrogen-bond acceptors (Lipinski definition) is 6. The van der Waals surface area contributed by atoms with Crippen molar-refractivity contribution in [1.82, 2.24) is 9.80 Å². The Bertz CT molecular complexity index is 957. The van der Waals surface area contributed by atoms with E-state index in [1.807, 2.05) is 38.0 Å². The van der Waals surface area contributed by atoms with Crippen LogP contribution in [-0.4, -0.2) is 86.7 Å². The highest BCUT2D eigenvalue weighted by Gasteiger charge is 2.58. The quantitative estimate of drug-likeness (QED) is 0.438. The van der Waals surface area contributed by atoms with E-state index in [-0.39, 0.29) is 10.8 Å². The molecule has 6 heteroatoms. The van der Waals surface area contributed by atoms with Gasteiger partial charge in [-0.3, -0.25) is 0 Å². The molecular formula is C32H46N2O4. The molecule has 2 unspecified atom stereocenters. The molecule has 0 heterocycles. The molecular weight excluding hydrogens is 476 g/mol. The molecule has 4 aliphatic carbocycles. The highest BCUT2D eigenvalue weighted by Crippen LogP contribution is 2.66. The predicted octanol–water partition coefficient (Wildman–Crippen LogP) is 4.08. The Morgan fingerprint density at radius 2 is 1.05 bits per heavy atom. The summed E-state index contributed by atoms with van der Waals surface area (Å²) in [7, 11) is 7.82. The van der Waals surface area contributed by atoms with Crippen LogP contribution < -0.4 is 9.47 Å². The zero-order valence-electron chi connectivity index (χ0n) is 23.6. The lowest BCUT2D eigenvalue weighted by Gasteiger charge is -2.62. The Hall–Kier alpha value is -2.12. The maximum absolute atomic E-state index is 10.1. The zero-order valence-corrected chi connectivity index (χ0v) is 23.6. The molecule has 0 aromatic heterocycles. The Kier molecular flexibility index (Phi) is 8.07. The van der Waals surface area contributed by atoms with Crippen LogP contribution in [0.2, 0.25) is 0 Å². The Balaban J connectivity index is 1.27. The normalized spacial score (nSPS) is 29.6. The van der Waals surface area contributed by atoms with Crippen molar-refractivity contribution in [3.63, 3.8) is 0 Å². The lowest BCUT2D eigenvalue weighted by atomic mass is 9.42. The van der Waals surface area contributed by atoms with E-state index in [0.717, 1.165) is 23.3 Å². The smallest absolute Gasteiger partial charge is 0.119 e. The third-order valence-corrected chi connectivity index (χ3v) is 9.03. The topological polar surface area (TPSA) is 65.4 Å². The molecule has 6 rings (SSSR count). The number of hydrogen-bond donors (Lipinski definition) is 2. The van der Waals surface area contributed by atoms with Crippen LogP contribution in [0.5, 0.6) is 11.5 Å². The van der Waals surface area contributed by atoms with Gasteiger partial charge in [0.15, 0.2) is 0 Å². The number of ether oxygens (including phenoxy) is 2. The molecule has 0 spiro atoms. The van der Waals surface area contributed by atoms with Gasteiger partial charge in [0.25, 0.3) is 0 Å². The van der Waals surface area contributed by atoms with E-state index < -0.39 is 12.2 Å². The molecule has 0 saturated heterocycles. The molecule has 4 bridgehead atoms. The molecule has 0 radical (unpaired) electrons. The van der Waals surface area contributed by atoms with E-state index in [9.17, 15) is 10.2 Å². The summed E-state index contributed by atoms with van der Waals surface area (Å²) in [5.74, 6) is 3.23. The maximum Gasteiger partial charge on any atom is 0.119 e. The Morgan fingerprint density at radius 1 is 0.684 bits per heavy atom. The van der Waals surface area contributed by atoms with Gasteiger partial charge in [-0.2, -0.15) is 0 Å². The minimum absolute atomic E-state index is 0.235. The number of aliphatic hydroxyl groups is 2. The molecule has 0 aliphatic heterocycles. The van der Waals surface area contributed by atoms with E-state index in [4.69, 9.17) is 9.47 Å². The monoisotopic (exact) mass is 522 g/mol. The molecule has 38 heavy (non-hydrogen) atoms. The van der Waals surface area contributed by atoms with Gasteiger partial charge in [-0.15, -0.1) is 0 Å². The first-order valence-corrected chi connectivity index (χ1v) is 14.3. The molecule has 2 aromatic rings. The van der Waals surface area contributed by atoms with Gasteiger partial charge in [0.2, 0.25) is 0 Å². The van der Waals surface area contributed by atoms with Gasteiger partial charge in [0, 0.05) is 13.1 Å². The zero-order chi connectivity index (χ0) is 26.9. The van der Waals surface area contributed by atoms with E-state index in [1.165, 1.54) is 49.7 Å². The minimum Gasteiger partial charge on any atom is -0.491 e. The number of likely N-dealkylation sites (N-methyl/N-ethyl adjacent to an activating group) is 2. The summed E-state index contributed by atoms with van der Waals surface area (Å²) >= 11 is 0. The van der Waals surface area contributed by atoms with Crippen molar-refractivity contribution in [1.29, 1.82) is 0 Å². The van der Waals surface area contributed by atoms with Crippen LogP contribution in [0.25, 0.3) is 0 Å². The third-order valence-electron chi connectivity index (χ3n) is 9.03. The first-order valence-electron chi connectivity index (χ1n) is 14.3. The van der Waals surface area contributed by atoms with Crippen molar-refractivity contribution in [2.45, 2.75) is 61.6 Å². The van der Waals surface area contributed by atoms with Crippen LogP contribution in [-0.2, 0) is 10.8 Å². The summed E-state index contributed by atoms with van der Waals surface area (Å²) < 4.78 is 11.8. The molecule has 0 amide bonds. The van der Waals surface area contributed by atoms with Crippen LogP contribution in [0.1, 0.15) is 49.7 Å². The van der Waals surface area contributed by atoms with Crippen molar-refractivity contribution in [2.24, 2.45) is 11.8 Å². The SMILES string of the molecule is CN(C)CC(O)COc1ccc(C23CC4CC(C2)CC(c2ccc(OCC(O)CN(C)C)cc2)(C4)C3)cc1. The largest absolute Gasteiger partial charge is 0.491 e. The number of rotatable bonds is 12. The van der Waals surface area contributed by atoms with E-state index in [0.29, 0.717) is 26.3 Å². The van der Waals surface area contributed by atoms with Gasteiger partial charge in [-0.1, -0.05) is 24.3 Å². The summed E-state index contributed by atoms with van der Waals surface area (Å²) in [4.78, 5) is 3.94. The Labute approximate surface area is 228 Å².